The van der Waals surface area contributed by atoms with E-state index < -0.39 is 40.2 Å². The average Bonchev–Trinajstić information content (AvgIpc) is 3.21. The third-order valence-corrected chi connectivity index (χ3v) is 6.66. The third-order valence-electron chi connectivity index (χ3n) is 6.66. The molecule has 35 heavy (non-hydrogen) atoms. The Morgan fingerprint density at radius 1 is 1.14 bits per heavy atom. The van der Waals surface area contributed by atoms with Gasteiger partial charge in [0.15, 0.2) is 5.69 Å². The Balaban J connectivity index is 1.45. The number of hydrogen-bond acceptors (Lipinski definition) is 8. The predicted molar refractivity (Wildman–Crippen MR) is 119 cm³/mol. The van der Waals surface area contributed by atoms with Gasteiger partial charge in [0, 0.05) is 19.8 Å². The molecule has 2 aromatic rings. The van der Waals surface area contributed by atoms with Crippen molar-refractivity contribution in [3.63, 3.8) is 0 Å². The van der Waals surface area contributed by atoms with E-state index in [-0.39, 0.29) is 38.5 Å². The number of aromatic hydroxyl groups is 1. The van der Waals surface area contributed by atoms with E-state index in [4.69, 9.17) is 14.2 Å². The number of benzene rings is 1. The van der Waals surface area contributed by atoms with Gasteiger partial charge in [0.1, 0.15) is 18.2 Å². The first kappa shape index (κ1) is 23.2. The first-order chi connectivity index (χ1) is 16.9. The van der Waals surface area contributed by atoms with Crippen molar-refractivity contribution in [2.45, 2.75) is 31.3 Å². The number of hydrogen-bond donors (Lipinski definition) is 2. The van der Waals surface area contributed by atoms with Gasteiger partial charge < -0.3 is 24.6 Å². The normalized spacial score (nSPS) is 19.2. The molecule has 3 aliphatic heterocycles. The predicted octanol–water partition coefficient (Wildman–Crippen LogP) is 1.05. The molecule has 3 aliphatic rings. The van der Waals surface area contributed by atoms with Crippen LogP contribution in [0.5, 0.6) is 5.75 Å². The lowest BCUT2D eigenvalue weighted by Crippen LogP contribution is -2.43. The van der Waals surface area contributed by atoms with Crippen LogP contribution in [-0.4, -0.2) is 66.2 Å². The first-order valence-corrected chi connectivity index (χ1v) is 11.4. The molecule has 1 aromatic carbocycles. The molecule has 0 unspecified atom stereocenters. The van der Waals surface area contributed by atoms with Gasteiger partial charge in [-0.15, -0.1) is 0 Å². The molecule has 2 amide bonds. The van der Waals surface area contributed by atoms with E-state index in [0.29, 0.717) is 44.1 Å². The van der Waals surface area contributed by atoms with Gasteiger partial charge in [0.2, 0.25) is 5.75 Å². The van der Waals surface area contributed by atoms with Gasteiger partial charge in [-0.1, -0.05) is 6.07 Å². The molecule has 2 fully saturated rings. The summed E-state index contributed by atoms with van der Waals surface area (Å²) in [7, 11) is 0. The Labute approximate surface area is 199 Å². The summed E-state index contributed by atoms with van der Waals surface area (Å²) in [6, 6.07) is 3.85. The zero-order valence-electron chi connectivity index (χ0n) is 18.9. The second-order valence-corrected chi connectivity index (χ2v) is 8.76. The number of cyclic esters (lactones) is 1. The summed E-state index contributed by atoms with van der Waals surface area (Å²) >= 11 is 0. The monoisotopic (exact) mass is 488 g/mol. The van der Waals surface area contributed by atoms with Gasteiger partial charge in [-0.2, -0.15) is 0 Å². The number of nitrogens with one attached hydrogen (secondary N) is 1. The Morgan fingerprint density at radius 2 is 1.94 bits per heavy atom. The minimum Gasteiger partial charge on any atom is -0.501 e. The summed E-state index contributed by atoms with van der Waals surface area (Å²) in [6.07, 6.45) is 0.525. The quantitative estimate of drug-likeness (QED) is 0.653. The summed E-state index contributed by atoms with van der Waals surface area (Å²) in [6.45, 7) is 2.09. The minimum atomic E-state index is -0.769. The third kappa shape index (κ3) is 4.23. The van der Waals surface area contributed by atoms with Crippen molar-refractivity contribution >= 4 is 17.7 Å². The van der Waals surface area contributed by atoms with E-state index in [0.717, 1.165) is 0 Å². The Kier molecular flexibility index (Phi) is 6.15. The lowest BCUT2D eigenvalue weighted by molar-refractivity contribution is 0.00413. The second-order valence-electron chi connectivity index (χ2n) is 8.76. The molecular weight excluding hydrogens is 463 g/mol. The highest BCUT2D eigenvalue weighted by atomic mass is 19.1. The van der Waals surface area contributed by atoms with Crippen LogP contribution in [0.15, 0.2) is 23.0 Å². The SMILES string of the molecule is O=C(NCc1ccc(F)cc1N1CCOC1=O)c1nc2n(c(=O)c1O)CCOCC21CCOCC1. The highest BCUT2D eigenvalue weighted by Crippen LogP contribution is 2.35. The maximum absolute atomic E-state index is 13.9. The molecule has 0 aliphatic carbocycles. The van der Waals surface area contributed by atoms with Gasteiger partial charge >= 0.3 is 6.09 Å². The fourth-order valence-electron chi connectivity index (χ4n) is 4.74. The summed E-state index contributed by atoms with van der Waals surface area (Å²) in [5, 5.41) is 13.2. The highest BCUT2D eigenvalue weighted by molar-refractivity contribution is 5.95. The fraction of sp³-hybridized carbons (Fsp3) is 0.478. The molecule has 186 valence electrons. The summed E-state index contributed by atoms with van der Waals surface area (Å²) < 4.78 is 31.4. The molecule has 12 heteroatoms. The second kappa shape index (κ2) is 9.27. The number of carbonyl (C=O) groups excluding carboxylic acids is 2. The number of carbonyl (C=O) groups is 2. The molecule has 11 nitrogen and oxygen atoms in total. The highest BCUT2D eigenvalue weighted by Gasteiger charge is 2.41. The molecule has 2 N–H and O–H groups in total. The molecular formula is C23H25FN4O7. The lowest BCUT2D eigenvalue weighted by Gasteiger charge is -2.35. The Morgan fingerprint density at radius 3 is 2.69 bits per heavy atom. The van der Waals surface area contributed by atoms with Crippen LogP contribution < -0.4 is 15.8 Å². The number of nitrogens with zero attached hydrogens (tertiary/aromatic N) is 3. The zero-order chi connectivity index (χ0) is 24.6. The van der Waals surface area contributed by atoms with Crippen molar-refractivity contribution in [2.75, 3.05) is 44.5 Å². The van der Waals surface area contributed by atoms with Crippen molar-refractivity contribution < 1.29 is 33.3 Å². The van der Waals surface area contributed by atoms with Crippen molar-refractivity contribution in [3.05, 3.63) is 51.5 Å². The maximum atomic E-state index is 13.9. The van der Waals surface area contributed by atoms with Crippen molar-refractivity contribution in [1.29, 1.82) is 0 Å². The molecule has 5 rings (SSSR count). The Hall–Kier alpha value is -3.51. The molecule has 1 aromatic heterocycles. The van der Waals surface area contributed by atoms with Crippen LogP contribution in [0.3, 0.4) is 0 Å². The van der Waals surface area contributed by atoms with E-state index in [2.05, 4.69) is 10.3 Å². The molecule has 0 atom stereocenters. The van der Waals surface area contributed by atoms with Crippen LogP contribution >= 0.6 is 0 Å². The van der Waals surface area contributed by atoms with Gasteiger partial charge in [0.25, 0.3) is 11.5 Å². The van der Waals surface area contributed by atoms with E-state index in [1.165, 1.54) is 27.7 Å². The number of rotatable bonds is 4. The van der Waals surface area contributed by atoms with Gasteiger partial charge in [-0.05, 0) is 30.5 Å². The fourth-order valence-corrected chi connectivity index (χ4v) is 4.74. The largest absolute Gasteiger partial charge is 0.501 e. The van der Waals surface area contributed by atoms with E-state index in [1.807, 2.05) is 0 Å². The summed E-state index contributed by atoms with van der Waals surface area (Å²) in [4.78, 5) is 43.8. The average molecular weight is 488 g/mol. The smallest absolute Gasteiger partial charge is 0.414 e. The van der Waals surface area contributed by atoms with Crippen LogP contribution in [0.2, 0.25) is 0 Å². The number of amides is 2. The van der Waals surface area contributed by atoms with E-state index in [1.54, 1.807) is 0 Å². The molecule has 0 radical (unpaired) electrons. The van der Waals surface area contributed by atoms with Gasteiger partial charge in [-0.25, -0.2) is 14.2 Å². The first-order valence-electron chi connectivity index (χ1n) is 11.4. The summed E-state index contributed by atoms with van der Waals surface area (Å²) in [5.41, 5.74) is -0.974. The van der Waals surface area contributed by atoms with Crippen LogP contribution in [0.25, 0.3) is 0 Å². The number of halogens is 1. The maximum Gasteiger partial charge on any atom is 0.414 e. The lowest BCUT2D eigenvalue weighted by atomic mass is 9.80. The van der Waals surface area contributed by atoms with E-state index in [9.17, 15) is 23.9 Å². The van der Waals surface area contributed by atoms with Crippen LogP contribution in [0.4, 0.5) is 14.9 Å². The number of ether oxygens (including phenoxy) is 3. The molecule has 0 bridgehead atoms. The number of aromatic nitrogens is 2. The standard InChI is InChI=1S/C23H25FN4O7/c24-15-2-1-14(16(11-15)27-6-10-35-22(27)32)12-25-19(30)17-18(29)20(31)28-5-9-34-13-23(21(28)26-17)3-7-33-8-4-23/h1-2,11,29H,3-10,12-13H2,(H,25,30). The van der Waals surface area contributed by atoms with Crippen LogP contribution in [0.1, 0.15) is 34.7 Å². The number of anilines is 1. The topological polar surface area (TPSA) is 132 Å². The molecule has 2 saturated heterocycles. The van der Waals surface area contributed by atoms with Crippen LogP contribution in [0, 0.1) is 5.82 Å². The van der Waals surface area contributed by atoms with Crippen molar-refractivity contribution in [3.8, 4) is 5.75 Å². The zero-order valence-corrected chi connectivity index (χ0v) is 18.9. The summed E-state index contributed by atoms with van der Waals surface area (Å²) in [5.74, 6) is -1.67. The minimum absolute atomic E-state index is 0.0974. The molecule has 0 saturated carbocycles. The van der Waals surface area contributed by atoms with Crippen molar-refractivity contribution in [1.82, 2.24) is 14.9 Å². The van der Waals surface area contributed by atoms with E-state index >= 15 is 0 Å². The van der Waals surface area contributed by atoms with Crippen LogP contribution in [-0.2, 0) is 32.7 Å². The van der Waals surface area contributed by atoms with Gasteiger partial charge in [0.05, 0.1) is 37.4 Å². The molecule has 4 heterocycles. The Bertz CT molecular complexity index is 1230. The molecule has 1 spiro atoms. The van der Waals surface area contributed by atoms with Gasteiger partial charge in [-0.3, -0.25) is 19.1 Å². The van der Waals surface area contributed by atoms with Crippen molar-refractivity contribution in [2.24, 2.45) is 0 Å². The number of fused-ring (bicyclic) bond motifs is 2.